The molecule has 1 atom stereocenters. The summed E-state index contributed by atoms with van der Waals surface area (Å²) in [5, 5.41) is 2.83. The molecule has 17 heavy (non-hydrogen) atoms. The van der Waals surface area contributed by atoms with Gasteiger partial charge in [0.1, 0.15) is 6.04 Å². The van der Waals surface area contributed by atoms with Crippen LogP contribution in [-0.2, 0) is 14.3 Å². The van der Waals surface area contributed by atoms with E-state index in [9.17, 15) is 9.59 Å². The van der Waals surface area contributed by atoms with Crippen LogP contribution in [0.1, 0.15) is 33.6 Å². The van der Waals surface area contributed by atoms with Gasteiger partial charge in [-0.3, -0.25) is 14.5 Å². The van der Waals surface area contributed by atoms with E-state index in [2.05, 4.69) is 5.32 Å². The Hall–Kier alpha value is -1.10. The molecule has 1 aliphatic heterocycles. The summed E-state index contributed by atoms with van der Waals surface area (Å²) in [6.45, 7) is 7.09. The van der Waals surface area contributed by atoms with Crippen LogP contribution in [0.25, 0.3) is 0 Å². The zero-order chi connectivity index (χ0) is 12.8. The number of likely N-dealkylation sites (tertiary alicyclic amines) is 1. The lowest BCUT2D eigenvalue weighted by molar-refractivity contribution is -0.148. The van der Waals surface area contributed by atoms with Crippen LogP contribution < -0.4 is 5.32 Å². The van der Waals surface area contributed by atoms with E-state index in [1.54, 1.807) is 6.92 Å². The molecule has 1 amide bonds. The first-order chi connectivity index (χ1) is 8.04. The third kappa shape index (κ3) is 4.34. The van der Waals surface area contributed by atoms with E-state index in [1.807, 2.05) is 18.7 Å². The molecule has 1 rings (SSSR count). The number of carbonyl (C=O) groups excluding carboxylic acids is 2. The zero-order valence-electron chi connectivity index (χ0n) is 10.9. The summed E-state index contributed by atoms with van der Waals surface area (Å²) in [5.41, 5.74) is 0. The van der Waals surface area contributed by atoms with Gasteiger partial charge in [0.05, 0.1) is 13.2 Å². The first-order valence-electron chi connectivity index (χ1n) is 6.24. The molecule has 0 aliphatic carbocycles. The van der Waals surface area contributed by atoms with Gasteiger partial charge in [0.25, 0.3) is 0 Å². The zero-order valence-corrected chi connectivity index (χ0v) is 10.9. The topological polar surface area (TPSA) is 58.6 Å². The van der Waals surface area contributed by atoms with Gasteiger partial charge in [0.2, 0.25) is 5.91 Å². The van der Waals surface area contributed by atoms with E-state index in [1.165, 1.54) is 0 Å². The molecule has 1 heterocycles. The molecular formula is C12H22N2O3. The van der Waals surface area contributed by atoms with Gasteiger partial charge in [0, 0.05) is 6.04 Å². The smallest absolute Gasteiger partial charge is 0.323 e. The largest absolute Gasteiger partial charge is 0.465 e. The van der Waals surface area contributed by atoms with Crippen molar-refractivity contribution >= 4 is 11.9 Å². The van der Waals surface area contributed by atoms with Crippen LogP contribution in [0.15, 0.2) is 0 Å². The summed E-state index contributed by atoms with van der Waals surface area (Å²) in [6, 6.07) is -0.112. The van der Waals surface area contributed by atoms with Crippen molar-refractivity contribution in [3.05, 3.63) is 0 Å². The normalized spacial score (nSPS) is 20.6. The van der Waals surface area contributed by atoms with Gasteiger partial charge in [-0.05, 0) is 40.2 Å². The molecule has 1 N–H and O–H groups in total. The van der Waals surface area contributed by atoms with Crippen LogP contribution in [0, 0.1) is 0 Å². The van der Waals surface area contributed by atoms with E-state index in [-0.39, 0.29) is 30.5 Å². The van der Waals surface area contributed by atoms with Gasteiger partial charge >= 0.3 is 5.97 Å². The van der Waals surface area contributed by atoms with Crippen LogP contribution >= 0.6 is 0 Å². The van der Waals surface area contributed by atoms with Crippen molar-refractivity contribution in [2.24, 2.45) is 0 Å². The Kier molecular flexibility index (Phi) is 5.41. The van der Waals surface area contributed by atoms with Gasteiger partial charge in [-0.1, -0.05) is 0 Å². The Morgan fingerprint density at radius 1 is 1.47 bits per heavy atom. The van der Waals surface area contributed by atoms with E-state index in [0.29, 0.717) is 6.61 Å². The van der Waals surface area contributed by atoms with Gasteiger partial charge in [0.15, 0.2) is 0 Å². The minimum absolute atomic E-state index is 0.0313. The summed E-state index contributed by atoms with van der Waals surface area (Å²) >= 11 is 0. The van der Waals surface area contributed by atoms with Crippen LogP contribution in [0.3, 0.4) is 0 Å². The Labute approximate surface area is 102 Å². The number of amides is 1. The first-order valence-corrected chi connectivity index (χ1v) is 6.24. The van der Waals surface area contributed by atoms with Crippen molar-refractivity contribution in [2.75, 3.05) is 19.7 Å². The van der Waals surface area contributed by atoms with Crippen LogP contribution in [0.4, 0.5) is 0 Å². The number of hydrogen-bond acceptors (Lipinski definition) is 4. The van der Waals surface area contributed by atoms with Crippen molar-refractivity contribution in [2.45, 2.75) is 45.7 Å². The second-order valence-corrected chi connectivity index (χ2v) is 4.60. The van der Waals surface area contributed by atoms with E-state index >= 15 is 0 Å². The summed E-state index contributed by atoms with van der Waals surface area (Å²) < 4.78 is 5.01. The van der Waals surface area contributed by atoms with E-state index in [4.69, 9.17) is 4.74 Å². The van der Waals surface area contributed by atoms with Crippen molar-refractivity contribution in [3.8, 4) is 0 Å². The van der Waals surface area contributed by atoms with E-state index < -0.39 is 0 Å². The Bertz CT molecular complexity index is 279. The van der Waals surface area contributed by atoms with Crippen molar-refractivity contribution in [3.63, 3.8) is 0 Å². The van der Waals surface area contributed by atoms with Gasteiger partial charge < -0.3 is 10.1 Å². The highest BCUT2D eigenvalue weighted by molar-refractivity contribution is 5.81. The predicted molar refractivity (Wildman–Crippen MR) is 64.5 cm³/mol. The lowest BCUT2D eigenvalue weighted by Gasteiger charge is -2.22. The van der Waals surface area contributed by atoms with Crippen LogP contribution in [0.2, 0.25) is 0 Å². The molecule has 0 saturated carbocycles. The molecular weight excluding hydrogens is 220 g/mol. The first kappa shape index (κ1) is 14.0. The maximum absolute atomic E-state index is 11.7. The summed E-state index contributed by atoms with van der Waals surface area (Å²) in [6.07, 6.45) is 1.73. The highest BCUT2D eigenvalue weighted by atomic mass is 16.5. The predicted octanol–water partition coefficient (Wildman–Crippen LogP) is 0.539. The van der Waals surface area contributed by atoms with Gasteiger partial charge in [-0.2, -0.15) is 0 Å². The fourth-order valence-electron chi connectivity index (χ4n) is 2.07. The maximum Gasteiger partial charge on any atom is 0.323 e. The van der Waals surface area contributed by atoms with Crippen LogP contribution in [0.5, 0.6) is 0 Å². The molecule has 5 nitrogen and oxygen atoms in total. The SMILES string of the molecule is CCOC(=O)C1CCCN1CC(=O)NC(C)C. The molecule has 5 heteroatoms. The van der Waals surface area contributed by atoms with E-state index in [0.717, 1.165) is 19.4 Å². The molecule has 1 aliphatic rings. The quantitative estimate of drug-likeness (QED) is 0.715. The number of nitrogens with zero attached hydrogens (tertiary/aromatic N) is 1. The molecule has 0 bridgehead atoms. The average Bonchev–Trinajstić information content (AvgIpc) is 2.64. The highest BCUT2D eigenvalue weighted by Crippen LogP contribution is 2.17. The summed E-state index contributed by atoms with van der Waals surface area (Å²) in [7, 11) is 0. The Balaban J connectivity index is 2.46. The molecule has 98 valence electrons. The standard InChI is InChI=1S/C12H22N2O3/c1-4-17-12(16)10-6-5-7-14(10)8-11(15)13-9(2)3/h9-10H,4-8H2,1-3H3,(H,13,15). The minimum Gasteiger partial charge on any atom is -0.465 e. The number of rotatable bonds is 5. The Morgan fingerprint density at radius 3 is 2.76 bits per heavy atom. The van der Waals surface area contributed by atoms with Crippen molar-refractivity contribution < 1.29 is 14.3 Å². The monoisotopic (exact) mass is 242 g/mol. The molecule has 0 aromatic heterocycles. The van der Waals surface area contributed by atoms with Gasteiger partial charge in [-0.15, -0.1) is 0 Å². The highest BCUT2D eigenvalue weighted by Gasteiger charge is 2.32. The summed E-state index contributed by atoms with van der Waals surface area (Å²) in [4.78, 5) is 25.2. The molecule has 0 aromatic carbocycles. The van der Waals surface area contributed by atoms with Crippen molar-refractivity contribution in [1.82, 2.24) is 10.2 Å². The molecule has 0 aromatic rings. The molecule has 0 spiro atoms. The molecule has 1 unspecified atom stereocenters. The fourth-order valence-corrected chi connectivity index (χ4v) is 2.07. The summed E-state index contributed by atoms with van der Waals surface area (Å²) in [5.74, 6) is -0.237. The average molecular weight is 242 g/mol. The maximum atomic E-state index is 11.7. The molecule has 0 radical (unpaired) electrons. The number of nitrogens with one attached hydrogen (secondary N) is 1. The number of carbonyl (C=O) groups is 2. The second-order valence-electron chi connectivity index (χ2n) is 4.60. The molecule has 1 fully saturated rings. The minimum atomic E-state index is -0.243. The Morgan fingerprint density at radius 2 is 2.18 bits per heavy atom. The lowest BCUT2D eigenvalue weighted by Crippen LogP contribution is -2.45. The van der Waals surface area contributed by atoms with Crippen LogP contribution in [-0.4, -0.2) is 48.6 Å². The second kappa shape index (κ2) is 6.59. The third-order valence-electron chi connectivity index (χ3n) is 2.72. The number of ether oxygens (including phenoxy) is 1. The number of hydrogen-bond donors (Lipinski definition) is 1. The third-order valence-corrected chi connectivity index (χ3v) is 2.72. The lowest BCUT2D eigenvalue weighted by atomic mass is 10.2. The van der Waals surface area contributed by atoms with Gasteiger partial charge in [-0.25, -0.2) is 0 Å². The fraction of sp³-hybridized carbons (Fsp3) is 0.833. The molecule has 1 saturated heterocycles. The van der Waals surface area contributed by atoms with Crippen molar-refractivity contribution in [1.29, 1.82) is 0 Å². The number of esters is 1.